The first-order valence-corrected chi connectivity index (χ1v) is 8.23. The Morgan fingerprint density at radius 1 is 1.57 bits per heavy atom. The number of fused-ring (bicyclic) bond motifs is 1. The van der Waals surface area contributed by atoms with Crippen molar-refractivity contribution in [2.75, 3.05) is 13.1 Å². The van der Waals surface area contributed by atoms with Crippen LogP contribution in [0, 0.1) is 0 Å². The van der Waals surface area contributed by atoms with Gasteiger partial charge in [0.25, 0.3) is 0 Å². The standard InChI is InChI=1S/C15H22N2O3S/c1-3-4-10(2)16-13(18)9-17-7-5-12-11(6-8-21-12)14(17)15(19)20/h6,8,10,14H,3-5,7,9H2,1-2H3,(H,16,18)(H,19,20). The molecular weight excluding hydrogens is 288 g/mol. The Balaban J connectivity index is 2.03. The van der Waals surface area contributed by atoms with E-state index in [4.69, 9.17) is 0 Å². The maximum Gasteiger partial charge on any atom is 0.325 e. The van der Waals surface area contributed by atoms with Crippen molar-refractivity contribution >= 4 is 23.2 Å². The van der Waals surface area contributed by atoms with E-state index in [0.717, 1.165) is 29.7 Å². The Labute approximate surface area is 129 Å². The largest absolute Gasteiger partial charge is 0.480 e. The molecule has 0 aromatic carbocycles. The van der Waals surface area contributed by atoms with Gasteiger partial charge in [0.2, 0.25) is 5.91 Å². The molecule has 1 aliphatic heterocycles. The van der Waals surface area contributed by atoms with Crippen molar-refractivity contribution in [1.29, 1.82) is 0 Å². The lowest BCUT2D eigenvalue weighted by atomic mass is 10.00. The molecule has 2 rings (SSSR count). The van der Waals surface area contributed by atoms with Crippen LogP contribution in [0.4, 0.5) is 0 Å². The van der Waals surface area contributed by atoms with Gasteiger partial charge < -0.3 is 10.4 Å². The van der Waals surface area contributed by atoms with Gasteiger partial charge in [0.05, 0.1) is 6.54 Å². The van der Waals surface area contributed by atoms with Crippen LogP contribution in [-0.4, -0.2) is 41.0 Å². The monoisotopic (exact) mass is 310 g/mol. The van der Waals surface area contributed by atoms with E-state index < -0.39 is 12.0 Å². The first-order chi connectivity index (χ1) is 10.0. The van der Waals surface area contributed by atoms with Gasteiger partial charge in [-0.15, -0.1) is 11.3 Å². The van der Waals surface area contributed by atoms with Crippen LogP contribution in [-0.2, 0) is 16.0 Å². The molecule has 2 unspecified atom stereocenters. The number of thiophene rings is 1. The molecular formula is C15H22N2O3S. The average Bonchev–Trinajstić information content (AvgIpc) is 2.85. The summed E-state index contributed by atoms with van der Waals surface area (Å²) in [7, 11) is 0. The third kappa shape index (κ3) is 3.83. The average molecular weight is 310 g/mol. The Kier molecular flexibility index (Phi) is 5.36. The highest BCUT2D eigenvalue weighted by Gasteiger charge is 2.34. The zero-order valence-corrected chi connectivity index (χ0v) is 13.3. The lowest BCUT2D eigenvalue weighted by molar-refractivity contribution is -0.144. The molecule has 5 nitrogen and oxygen atoms in total. The van der Waals surface area contributed by atoms with Gasteiger partial charge in [0.1, 0.15) is 6.04 Å². The van der Waals surface area contributed by atoms with E-state index in [1.54, 1.807) is 16.2 Å². The van der Waals surface area contributed by atoms with Gasteiger partial charge in [-0.2, -0.15) is 0 Å². The number of carbonyl (C=O) groups is 2. The molecule has 0 radical (unpaired) electrons. The van der Waals surface area contributed by atoms with E-state index >= 15 is 0 Å². The Hall–Kier alpha value is -1.40. The maximum atomic E-state index is 12.1. The summed E-state index contributed by atoms with van der Waals surface area (Å²) in [6.45, 7) is 4.80. The second-order valence-electron chi connectivity index (χ2n) is 5.52. The fraction of sp³-hybridized carbons (Fsp3) is 0.600. The van der Waals surface area contributed by atoms with Gasteiger partial charge >= 0.3 is 5.97 Å². The summed E-state index contributed by atoms with van der Waals surface area (Å²) in [5.41, 5.74) is 0.841. The molecule has 6 heteroatoms. The SMILES string of the molecule is CCCC(C)NC(=O)CN1CCc2sccc2C1C(=O)O. The highest BCUT2D eigenvalue weighted by Crippen LogP contribution is 2.33. The number of amides is 1. The third-order valence-corrected chi connectivity index (χ3v) is 4.77. The van der Waals surface area contributed by atoms with Crippen LogP contribution in [0.3, 0.4) is 0 Å². The van der Waals surface area contributed by atoms with Crippen molar-refractivity contribution in [2.45, 2.75) is 45.2 Å². The van der Waals surface area contributed by atoms with Crippen molar-refractivity contribution in [3.05, 3.63) is 21.9 Å². The van der Waals surface area contributed by atoms with Gasteiger partial charge in [-0.05, 0) is 36.8 Å². The van der Waals surface area contributed by atoms with Crippen LogP contribution in [0.2, 0.25) is 0 Å². The molecule has 2 atom stereocenters. The molecule has 2 heterocycles. The number of hydrogen-bond acceptors (Lipinski definition) is 4. The summed E-state index contributed by atoms with van der Waals surface area (Å²) in [5.74, 6) is -0.982. The second kappa shape index (κ2) is 7.04. The van der Waals surface area contributed by atoms with Gasteiger partial charge in [-0.25, -0.2) is 0 Å². The first kappa shape index (κ1) is 16.0. The predicted octanol–water partition coefficient (Wildman–Crippen LogP) is 2.04. The van der Waals surface area contributed by atoms with Gasteiger partial charge in [-0.1, -0.05) is 13.3 Å². The van der Waals surface area contributed by atoms with Crippen molar-refractivity contribution in [2.24, 2.45) is 0 Å². The van der Waals surface area contributed by atoms with E-state index in [1.807, 2.05) is 18.4 Å². The Morgan fingerprint density at radius 2 is 2.33 bits per heavy atom. The fourth-order valence-electron chi connectivity index (χ4n) is 2.84. The van der Waals surface area contributed by atoms with E-state index in [-0.39, 0.29) is 18.5 Å². The first-order valence-electron chi connectivity index (χ1n) is 7.35. The highest BCUT2D eigenvalue weighted by molar-refractivity contribution is 7.10. The van der Waals surface area contributed by atoms with E-state index in [9.17, 15) is 14.7 Å². The van der Waals surface area contributed by atoms with Gasteiger partial charge in [-0.3, -0.25) is 14.5 Å². The summed E-state index contributed by atoms with van der Waals surface area (Å²) in [6.07, 6.45) is 2.76. The van der Waals surface area contributed by atoms with E-state index in [0.29, 0.717) is 6.54 Å². The van der Waals surface area contributed by atoms with Gasteiger partial charge in [0.15, 0.2) is 0 Å². The fourth-order valence-corrected chi connectivity index (χ4v) is 3.74. The number of hydrogen-bond donors (Lipinski definition) is 2. The number of rotatable bonds is 6. The molecule has 0 fully saturated rings. The van der Waals surface area contributed by atoms with Crippen LogP contribution in [0.1, 0.15) is 43.2 Å². The lowest BCUT2D eigenvalue weighted by Crippen LogP contribution is -2.46. The van der Waals surface area contributed by atoms with Gasteiger partial charge in [0, 0.05) is 17.5 Å². The molecule has 2 N–H and O–H groups in total. The quantitative estimate of drug-likeness (QED) is 0.843. The van der Waals surface area contributed by atoms with Crippen molar-refractivity contribution in [1.82, 2.24) is 10.2 Å². The van der Waals surface area contributed by atoms with Crippen LogP contribution >= 0.6 is 11.3 Å². The van der Waals surface area contributed by atoms with Crippen LogP contribution in [0.25, 0.3) is 0 Å². The van der Waals surface area contributed by atoms with Crippen molar-refractivity contribution in [3.8, 4) is 0 Å². The number of nitrogens with one attached hydrogen (secondary N) is 1. The van der Waals surface area contributed by atoms with Crippen molar-refractivity contribution < 1.29 is 14.7 Å². The highest BCUT2D eigenvalue weighted by atomic mass is 32.1. The Bertz CT molecular complexity index is 515. The maximum absolute atomic E-state index is 12.1. The summed E-state index contributed by atoms with van der Waals surface area (Å²) >= 11 is 1.59. The second-order valence-corrected chi connectivity index (χ2v) is 6.52. The zero-order valence-electron chi connectivity index (χ0n) is 12.5. The smallest absolute Gasteiger partial charge is 0.325 e. The minimum Gasteiger partial charge on any atom is -0.480 e. The molecule has 1 aromatic rings. The lowest BCUT2D eigenvalue weighted by Gasteiger charge is -2.32. The summed E-state index contributed by atoms with van der Waals surface area (Å²) in [5, 5.41) is 14.3. The molecule has 1 aromatic heterocycles. The van der Waals surface area contributed by atoms with Crippen LogP contribution in [0.15, 0.2) is 11.4 Å². The summed E-state index contributed by atoms with van der Waals surface area (Å²) < 4.78 is 0. The molecule has 0 aliphatic carbocycles. The third-order valence-electron chi connectivity index (χ3n) is 3.78. The predicted molar refractivity (Wildman–Crippen MR) is 82.5 cm³/mol. The Morgan fingerprint density at radius 3 is 3.00 bits per heavy atom. The molecule has 0 spiro atoms. The molecule has 1 amide bonds. The normalized spacial score (nSPS) is 19.8. The molecule has 0 bridgehead atoms. The minimum absolute atomic E-state index is 0.0964. The molecule has 0 saturated heterocycles. The van der Waals surface area contributed by atoms with Crippen LogP contribution < -0.4 is 5.32 Å². The number of carbonyl (C=O) groups excluding carboxylic acids is 1. The zero-order chi connectivity index (χ0) is 15.4. The topological polar surface area (TPSA) is 69.6 Å². The number of nitrogens with zero attached hydrogens (tertiary/aromatic N) is 1. The van der Waals surface area contributed by atoms with E-state index in [1.165, 1.54) is 0 Å². The number of carboxylic acid groups (broad SMARTS) is 1. The molecule has 116 valence electrons. The van der Waals surface area contributed by atoms with Crippen LogP contribution in [0.5, 0.6) is 0 Å². The number of carboxylic acids is 1. The molecule has 0 saturated carbocycles. The molecule has 21 heavy (non-hydrogen) atoms. The summed E-state index contributed by atoms with van der Waals surface area (Å²) in [4.78, 5) is 26.5. The molecule has 1 aliphatic rings. The summed E-state index contributed by atoms with van der Waals surface area (Å²) in [6, 6.07) is 1.29. The number of aliphatic carboxylic acids is 1. The van der Waals surface area contributed by atoms with E-state index in [2.05, 4.69) is 12.2 Å². The minimum atomic E-state index is -0.885. The van der Waals surface area contributed by atoms with Crippen molar-refractivity contribution in [3.63, 3.8) is 0 Å².